The number of likely N-dealkylation sites (tertiary alicyclic amines) is 3. The third kappa shape index (κ3) is 20.7. The first-order valence-corrected chi connectivity index (χ1v) is 28.9. The van der Waals surface area contributed by atoms with Gasteiger partial charge in [0.1, 0.15) is 11.9 Å². The second-order valence-electron chi connectivity index (χ2n) is 20.6. The van der Waals surface area contributed by atoms with Crippen molar-refractivity contribution in [2.45, 2.75) is 88.9 Å². The van der Waals surface area contributed by atoms with Crippen molar-refractivity contribution >= 4 is 103 Å². The lowest BCUT2D eigenvalue weighted by atomic mass is 9.95. The van der Waals surface area contributed by atoms with Gasteiger partial charge in [-0.1, -0.05) is 95.3 Å². The summed E-state index contributed by atoms with van der Waals surface area (Å²) in [5.74, 6) is -0.892. The van der Waals surface area contributed by atoms with Gasteiger partial charge in [-0.25, -0.2) is 19.2 Å². The van der Waals surface area contributed by atoms with E-state index in [-0.39, 0.29) is 53.3 Å². The van der Waals surface area contributed by atoms with Crippen molar-refractivity contribution in [1.29, 1.82) is 0 Å². The zero-order chi connectivity index (χ0) is 60.7. The maximum Gasteiger partial charge on any atom is 0.332 e. The molecular formula is C63H73BrClN9O10. The number of nitrogens with zero attached hydrogens (tertiary/aromatic N) is 3. The zero-order valence-corrected chi connectivity index (χ0v) is 49.8. The minimum Gasteiger partial charge on any atom is -0.506 e. The first-order chi connectivity index (χ1) is 40.2. The molecule has 0 aliphatic carbocycles. The Kier molecular flexibility index (Phi) is 25.4. The number of urea groups is 3. The number of phenolic OH excluding ortho intramolecular Hbond substituents is 1. The predicted molar refractivity (Wildman–Crippen MR) is 334 cm³/mol. The van der Waals surface area contributed by atoms with Gasteiger partial charge in [-0.15, -0.1) is 0 Å². The second kappa shape index (κ2) is 32.8. The van der Waals surface area contributed by atoms with Crippen LogP contribution >= 0.6 is 27.5 Å². The molecule has 0 saturated carbocycles. The van der Waals surface area contributed by atoms with Crippen molar-refractivity contribution in [3.63, 3.8) is 0 Å². The average Bonchev–Trinajstić information content (AvgIpc) is 3.69. The standard InChI is InChI=1S/C20H22BrN3O2.C20H22ClN3O2.C20H23N3O3.C3H6O3/c2*1-24-12-3-2-7-18(24)19(25)14-5-4-6-17(13-14)23-20(26)22-16-10-8-15(21)9-11-16;1-23-12-5-4-10-17(23)19(25)14-7-6-8-15(13-14)21-20(26)22-16-9-2-3-11-18(16)24;1-2(4)3(5)6/h2*4-6,8-11,13,18H,2-3,7,12H2,1H3,(H2,22,23,26);2-3,6-9,11,13,17,24H,4-5,10,12H2,1H3,(H2,21,22,26);2,4H,1H3,(H,5,6). The number of piperidine rings is 3. The number of phenols is 1. The second-order valence-corrected chi connectivity index (χ2v) is 21.9. The molecule has 0 spiro atoms. The highest BCUT2D eigenvalue weighted by atomic mass is 79.9. The van der Waals surface area contributed by atoms with Crippen LogP contribution in [0.4, 0.5) is 48.5 Å². The van der Waals surface area contributed by atoms with Crippen LogP contribution in [0, 0.1) is 0 Å². The van der Waals surface area contributed by atoms with E-state index in [0.29, 0.717) is 55.8 Å². The number of anilines is 6. The Bertz CT molecular complexity index is 3070. The molecule has 21 heteroatoms. The van der Waals surface area contributed by atoms with Crippen LogP contribution in [0.3, 0.4) is 0 Å². The summed E-state index contributed by atoms with van der Waals surface area (Å²) in [4.78, 5) is 90.6. The quantitative estimate of drug-likeness (QED) is 0.0385. The number of aliphatic hydroxyl groups is 1. The van der Waals surface area contributed by atoms with E-state index in [0.717, 1.165) is 81.9 Å². The molecule has 0 aromatic heterocycles. The van der Waals surface area contributed by atoms with Crippen LogP contribution in [0.15, 0.2) is 150 Å². The Hall–Kier alpha value is -7.98. The topological polar surface area (TPSA) is 262 Å². The Morgan fingerprint density at radius 2 is 0.810 bits per heavy atom. The first kappa shape index (κ1) is 65.2. The van der Waals surface area contributed by atoms with Crippen LogP contribution in [-0.2, 0) is 4.79 Å². The largest absolute Gasteiger partial charge is 0.506 e. The molecular weight excluding hydrogens is 1160 g/mol. The molecule has 4 atom stereocenters. The zero-order valence-electron chi connectivity index (χ0n) is 47.4. The predicted octanol–water partition coefficient (Wildman–Crippen LogP) is 12.6. The number of aliphatic hydroxyl groups excluding tert-OH is 1. The van der Waals surface area contributed by atoms with E-state index in [1.54, 1.807) is 109 Å². The lowest BCUT2D eigenvalue weighted by Gasteiger charge is -2.31. The highest BCUT2D eigenvalue weighted by Crippen LogP contribution is 2.26. The lowest BCUT2D eigenvalue weighted by molar-refractivity contribution is -0.145. The molecule has 84 heavy (non-hydrogen) atoms. The number of likely N-dealkylation sites (N-methyl/N-ethyl adjacent to an activating group) is 3. The summed E-state index contributed by atoms with van der Waals surface area (Å²) in [7, 11) is 5.96. The van der Waals surface area contributed by atoms with Crippen LogP contribution in [0.25, 0.3) is 0 Å². The molecule has 4 unspecified atom stereocenters. The lowest BCUT2D eigenvalue weighted by Crippen LogP contribution is -2.42. The minimum absolute atomic E-state index is 0.00749. The summed E-state index contributed by atoms with van der Waals surface area (Å²) < 4.78 is 0.947. The SMILES string of the molecule is CC(O)C(=O)O.CN1CCCCC1C(=O)c1cccc(NC(=O)Nc2ccc(Br)cc2)c1.CN1CCCCC1C(=O)c1cccc(NC(=O)Nc2ccc(Cl)cc2)c1.CN1CCCCC1C(=O)c1cccc(NC(=O)Nc2ccccc2O)c1. The Morgan fingerprint density at radius 1 is 0.476 bits per heavy atom. The maximum absolute atomic E-state index is 12.8. The number of aliphatic carboxylic acids is 1. The molecule has 3 heterocycles. The Labute approximate surface area is 503 Å². The molecule has 3 aliphatic rings. The van der Waals surface area contributed by atoms with Crippen molar-refractivity contribution in [3.05, 3.63) is 172 Å². The number of Topliss-reactive ketones (excluding diaryl/α,β-unsaturated/α-hetero) is 3. The number of halogens is 2. The van der Waals surface area contributed by atoms with Crippen LogP contribution in [0.5, 0.6) is 5.75 Å². The van der Waals surface area contributed by atoms with Gasteiger partial charge >= 0.3 is 24.1 Å². The summed E-state index contributed by atoms with van der Waals surface area (Å²) in [6.07, 6.45) is 7.99. The molecule has 3 saturated heterocycles. The van der Waals surface area contributed by atoms with E-state index < -0.39 is 18.1 Å². The van der Waals surface area contributed by atoms with E-state index in [2.05, 4.69) is 62.5 Å². The third-order valence-corrected chi connectivity index (χ3v) is 14.9. The van der Waals surface area contributed by atoms with Gasteiger partial charge in [-0.2, -0.15) is 0 Å². The number of carboxylic acids is 1. The third-order valence-electron chi connectivity index (χ3n) is 14.1. The number of para-hydroxylation sites is 2. The maximum atomic E-state index is 12.8. The number of carbonyl (C=O) groups is 7. The number of hydrogen-bond donors (Lipinski definition) is 9. The van der Waals surface area contributed by atoms with E-state index in [1.807, 2.05) is 51.5 Å². The molecule has 0 bridgehead atoms. The van der Waals surface area contributed by atoms with Crippen molar-refractivity contribution in [2.75, 3.05) is 72.7 Å². The minimum atomic E-state index is -1.23. The number of ketones is 3. The van der Waals surface area contributed by atoms with Crippen molar-refractivity contribution in [1.82, 2.24) is 14.7 Å². The van der Waals surface area contributed by atoms with E-state index in [1.165, 1.54) is 13.0 Å². The smallest absolute Gasteiger partial charge is 0.332 e. The van der Waals surface area contributed by atoms with E-state index in [9.17, 15) is 38.7 Å². The fourth-order valence-corrected chi connectivity index (χ4v) is 9.95. The molecule has 6 aromatic rings. The van der Waals surface area contributed by atoms with Crippen molar-refractivity contribution in [3.8, 4) is 5.75 Å². The number of carboxylic acid groups (broad SMARTS) is 1. The Morgan fingerprint density at radius 3 is 1.15 bits per heavy atom. The van der Waals surface area contributed by atoms with Gasteiger partial charge in [0, 0.05) is 54.6 Å². The molecule has 3 fully saturated rings. The molecule has 0 radical (unpaired) electrons. The van der Waals surface area contributed by atoms with Gasteiger partial charge in [0.05, 0.1) is 23.8 Å². The van der Waals surface area contributed by atoms with E-state index in [4.69, 9.17) is 21.8 Å². The van der Waals surface area contributed by atoms with Gasteiger partial charge in [0.25, 0.3) is 0 Å². The highest BCUT2D eigenvalue weighted by Gasteiger charge is 2.29. The number of nitrogens with one attached hydrogen (secondary N) is 6. The van der Waals surface area contributed by atoms with Gasteiger partial charge in [-0.3, -0.25) is 29.1 Å². The molecule has 3 aliphatic heterocycles. The van der Waals surface area contributed by atoms with Crippen LogP contribution in [0.1, 0.15) is 95.8 Å². The molecule has 444 valence electrons. The molecule has 9 rings (SSSR count). The normalized spacial score (nSPS) is 17.2. The number of hydrogen-bond acceptors (Lipinski definition) is 12. The fraction of sp³-hybridized carbons (Fsp3) is 0.317. The van der Waals surface area contributed by atoms with Crippen molar-refractivity contribution in [2.24, 2.45) is 0 Å². The van der Waals surface area contributed by atoms with Gasteiger partial charge in [0.2, 0.25) is 0 Å². The van der Waals surface area contributed by atoms with Crippen LogP contribution < -0.4 is 31.9 Å². The van der Waals surface area contributed by atoms with Gasteiger partial charge in [-0.05, 0) is 183 Å². The fourth-order valence-electron chi connectivity index (χ4n) is 9.56. The highest BCUT2D eigenvalue weighted by molar-refractivity contribution is 9.10. The van der Waals surface area contributed by atoms with Gasteiger partial charge in [0.15, 0.2) is 17.3 Å². The summed E-state index contributed by atoms with van der Waals surface area (Å²) in [5.41, 5.74) is 5.21. The van der Waals surface area contributed by atoms with Crippen LogP contribution in [-0.4, -0.2) is 136 Å². The number of benzene rings is 6. The number of carbonyl (C=O) groups excluding carboxylic acids is 6. The first-order valence-electron chi connectivity index (χ1n) is 27.7. The summed E-state index contributed by atoms with van der Waals surface area (Å²) in [6.45, 7) is 4.02. The number of aromatic hydroxyl groups is 1. The molecule has 19 nitrogen and oxygen atoms in total. The number of rotatable bonds is 13. The summed E-state index contributed by atoms with van der Waals surface area (Å²) in [6, 6.07) is 40.4. The van der Waals surface area contributed by atoms with E-state index >= 15 is 0 Å². The summed E-state index contributed by atoms with van der Waals surface area (Å²) in [5, 5.41) is 42.4. The molecule has 9 N–H and O–H groups in total. The molecule has 6 amide bonds. The monoisotopic (exact) mass is 1230 g/mol. The van der Waals surface area contributed by atoms with Crippen LogP contribution in [0.2, 0.25) is 5.02 Å². The Balaban J connectivity index is 0.000000192. The van der Waals surface area contributed by atoms with Gasteiger partial charge < -0.3 is 47.2 Å². The summed E-state index contributed by atoms with van der Waals surface area (Å²) >= 11 is 9.20. The molecule has 6 aromatic carbocycles. The average molecular weight is 1230 g/mol. The van der Waals surface area contributed by atoms with Crippen molar-refractivity contribution < 1.29 is 48.9 Å². The number of amides is 6.